The highest BCUT2D eigenvalue weighted by atomic mass is 32.1. The first-order valence-electron chi connectivity index (χ1n) is 4.95. The fraction of sp³-hybridized carbons (Fsp3) is 0.364. The highest BCUT2D eigenvalue weighted by Gasteiger charge is 2.20. The van der Waals surface area contributed by atoms with Gasteiger partial charge in [-0.15, -0.1) is 11.3 Å². The van der Waals surface area contributed by atoms with E-state index in [9.17, 15) is 0 Å². The minimum Gasteiger partial charge on any atom is -0.454 e. The Morgan fingerprint density at radius 3 is 3.00 bits per heavy atom. The number of benzene rings is 1. The fourth-order valence-corrected chi connectivity index (χ4v) is 2.59. The summed E-state index contributed by atoms with van der Waals surface area (Å²) >= 11 is 1.72. The van der Waals surface area contributed by atoms with Crippen LogP contribution in [0, 0.1) is 0 Å². The van der Waals surface area contributed by atoms with Crippen molar-refractivity contribution in [2.45, 2.75) is 19.8 Å². The molecule has 1 aromatic carbocycles. The third-order valence-electron chi connectivity index (χ3n) is 2.41. The summed E-state index contributed by atoms with van der Waals surface area (Å²) in [5.74, 6) is 2.07. The quantitative estimate of drug-likeness (QED) is 0.741. The number of thiazole rings is 1. The Morgan fingerprint density at radius 1 is 1.33 bits per heavy atom. The van der Waals surface area contributed by atoms with Crippen LogP contribution in [0.15, 0.2) is 12.1 Å². The molecule has 2 aromatic rings. The van der Waals surface area contributed by atoms with Crippen LogP contribution >= 0.6 is 11.3 Å². The predicted octanol–water partition coefficient (Wildman–Crippen LogP) is 3.15. The first-order valence-corrected chi connectivity index (χ1v) is 5.76. The first-order chi connectivity index (χ1) is 7.25. The predicted molar refractivity (Wildman–Crippen MR) is 59.8 cm³/mol. The Labute approximate surface area is 91.7 Å². The van der Waals surface area contributed by atoms with Crippen LogP contribution < -0.4 is 9.47 Å². The number of ether oxygens (including phenoxy) is 2. The molecule has 0 fully saturated rings. The van der Waals surface area contributed by atoms with Crippen molar-refractivity contribution >= 4 is 21.6 Å². The van der Waals surface area contributed by atoms with E-state index in [2.05, 4.69) is 18.8 Å². The van der Waals surface area contributed by atoms with Crippen molar-refractivity contribution in [1.82, 2.24) is 4.98 Å². The molecule has 0 saturated carbocycles. The van der Waals surface area contributed by atoms with Crippen molar-refractivity contribution in [3.8, 4) is 11.5 Å². The molecular formula is C11H11NO2S. The summed E-state index contributed by atoms with van der Waals surface area (Å²) in [4.78, 5) is 4.60. The number of hydrogen-bond donors (Lipinski definition) is 0. The van der Waals surface area contributed by atoms with Gasteiger partial charge in [-0.1, -0.05) is 13.8 Å². The molecule has 3 nitrogen and oxygen atoms in total. The number of aromatic nitrogens is 1. The second-order valence-corrected chi connectivity index (χ2v) is 4.92. The topological polar surface area (TPSA) is 31.4 Å². The molecule has 0 radical (unpaired) electrons. The molecule has 0 N–H and O–H groups in total. The van der Waals surface area contributed by atoms with Gasteiger partial charge in [0.25, 0.3) is 0 Å². The van der Waals surface area contributed by atoms with E-state index in [4.69, 9.17) is 9.47 Å². The summed E-state index contributed by atoms with van der Waals surface area (Å²) in [6.07, 6.45) is 0. The molecule has 15 heavy (non-hydrogen) atoms. The average molecular weight is 221 g/mol. The molecule has 2 heterocycles. The number of nitrogens with zero attached hydrogens (tertiary/aromatic N) is 1. The van der Waals surface area contributed by atoms with Crippen LogP contribution in [0.5, 0.6) is 11.5 Å². The molecule has 0 unspecified atom stereocenters. The van der Waals surface area contributed by atoms with Gasteiger partial charge in [-0.2, -0.15) is 0 Å². The third kappa shape index (κ3) is 1.28. The molecule has 1 aliphatic rings. The van der Waals surface area contributed by atoms with E-state index in [0.717, 1.165) is 22.0 Å². The summed E-state index contributed by atoms with van der Waals surface area (Å²) in [5, 5.41) is 1.15. The lowest BCUT2D eigenvalue weighted by molar-refractivity contribution is 0.174. The molecule has 1 aliphatic heterocycles. The minimum atomic E-state index is 0.309. The molecule has 0 bridgehead atoms. The van der Waals surface area contributed by atoms with Gasteiger partial charge < -0.3 is 9.47 Å². The normalized spacial score (nSPS) is 14.1. The van der Waals surface area contributed by atoms with Gasteiger partial charge in [-0.25, -0.2) is 4.98 Å². The van der Waals surface area contributed by atoms with Crippen LogP contribution in [0.4, 0.5) is 0 Å². The molecule has 0 atom stereocenters. The van der Waals surface area contributed by atoms with Gasteiger partial charge in [0.1, 0.15) is 5.52 Å². The van der Waals surface area contributed by atoms with Gasteiger partial charge >= 0.3 is 0 Å². The van der Waals surface area contributed by atoms with Crippen LogP contribution in [-0.4, -0.2) is 11.8 Å². The summed E-state index contributed by atoms with van der Waals surface area (Å²) in [7, 11) is 0. The monoisotopic (exact) mass is 221 g/mol. The van der Waals surface area contributed by atoms with Gasteiger partial charge in [-0.3, -0.25) is 0 Å². The summed E-state index contributed by atoms with van der Waals surface area (Å²) in [6, 6.07) is 4.00. The molecule has 1 aromatic heterocycles. The highest BCUT2D eigenvalue weighted by Crippen LogP contribution is 2.41. The zero-order valence-electron chi connectivity index (χ0n) is 8.61. The van der Waals surface area contributed by atoms with E-state index >= 15 is 0 Å². The largest absolute Gasteiger partial charge is 0.454 e. The second kappa shape index (κ2) is 3.10. The molecule has 0 aliphatic carbocycles. The standard InChI is InChI=1S/C11H11NO2S/c1-6(2)11-12-9-8(15-11)4-3-7-10(9)14-5-13-7/h3-4,6H,5H2,1-2H3. The van der Waals surface area contributed by atoms with Crippen molar-refractivity contribution < 1.29 is 9.47 Å². The maximum absolute atomic E-state index is 5.43. The second-order valence-electron chi connectivity index (χ2n) is 3.85. The smallest absolute Gasteiger partial charge is 0.231 e. The van der Waals surface area contributed by atoms with E-state index in [1.807, 2.05) is 12.1 Å². The zero-order valence-corrected chi connectivity index (χ0v) is 9.43. The number of rotatable bonds is 1. The van der Waals surface area contributed by atoms with Gasteiger partial charge in [0.05, 0.1) is 9.71 Å². The summed E-state index contributed by atoms with van der Waals surface area (Å²) in [5.41, 5.74) is 0.943. The average Bonchev–Trinajstić information content (AvgIpc) is 2.82. The van der Waals surface area contributed by atoms with E-state index in [1.54, 1.807) is 11.3 Å². The van der Waals surface area contributed by atoms with Crippen LogP contribution in [0.3, 0.4) is 0 Å². The van der Waals surface area contributed by atoms with Crippen LogP contribution in [0.25, 0.3) is 10.2 Å². The van der Waals surface area contributed by atoms with Crippen molar-refractivity contribution in [2.75, 3.05) is 6.79 Å². The van der Waals surface area contributed by atoms with Crippen LogP contribution in [-0.2, 0) is 0 Å². The van der Waals surface area contributed by atoms with E-state index in [0.29, 0.717) is 12.7 Å². The van der Waals surface area contributed by atoms with Gasteiger partial charge in [0.15, 0.2) is 11.5 Å². The first kappa shape index (κ1) is 8.97. The van der Waals surface area contributed by atoms with Crippen molar-refractivity contribution in [3.05, 3.63) is 17.1 Å². The van der Waals surface area contributed by atoms with E-state index < -0.39 is 0 Å². The zero-order chi connectivity index (χ0) is 10.4. The number of fused-ring (bicyclic) bond motifs is 3. The maximum Gasteiger partial charge on any atom is 0.231 e. The Hall–Kier alpha value is -1.29. The van der Waals surface area contributed by atoms with Crippen molar-refractivity contribution in [3.63, 3.8) is 0 Å². The van der Waals surface area contributed by atoms with Crippen molar-refractivity contribution in [1.29, 1.82) is 0 Å². The third-order valence-corrected chi connectivity index (χ3v) is 3.73. The Kier molecular flexibility index (Phi) is 1.85. The summed E-state index contributed by atoms with van der Waals surface area (Å²) < 4.78 is 11.9. The molecule has 0 spiro atoms. The maximum atomic E-state index is 5.43. The molecule has 3 rings (SSSR count). The van der Waals surface area contributed by atoms with Gasteiger partial charge in [0.2, 0.25) is 6.79 Å². The number of hydrogen-bond acceptors (Lipinski definition) is 4. The van der Waals surface area contributed by atoms with E-state index in [-0.39, 0.29) is 0 Å². The minimum absolute atomic E-state index is 0.309. The molecule has 4 heteroatoms. The molecule has 0 amide bonds. The van der Waals surface area contributed by atoms with Gasteiger partial charge in [-0.05, 0) is 12.1 Å². The Bertz CT molecular complexity index is 519. The molecule has 0 saturated heterocycles. The lowest BCUT2D eigenvalue weighted by Crippen LogP contribution is -1.93. The Morgan fingerprint density at radius 2 is 2.20 bits per heavy atom. The SMILES string of the molecule is CC(C)c1nc2c3c(ccc2s1)OCO3. The van der Waals surface area contributed by atoms with Crippen molar-refractivity contribution in [2.24, 2.45) is 0 Å². The van der Waals surface area contributed by atoms with Gasteiger partial charge in [0, 0.05) is 5.92 Å². The fourth-order valence-electron chi connectivity index (χ4n) is 1.62. The summed E-state index contributed by atoms with van der Waals surface area (Å²) in [6.45, 7) is 4.60. The lowest BCUT2D eigenvalue weighted by atomic mass is 10.2. The Balaban J connectivity index is 2.27. The lowest BCUT2D eigenvalue weighted by Gasteiger charge is -1.95. The molecular weight excluding hydrogens is 210 g/mol. The van der Waals surface area contributed by atoms with Crippen LogP contribution in [0.2, 0.25) is 0 Å². The highest BCUT2D eigenvalue weighted by molar-refractivity contribution is 7.18. The van der Waals surface area contributed by atoms with Crippen LogP contribution in [0.1, 0.15) is 24.8 Å². The molecule has 78 valence electrons. The van der Waals surface area contributed by atoms with E-state index in [1.165, 1.54) is 4.70 Å².